The van der Waals surface area contributed by atoms with E-state index in [0.29, 0.717) is 38.7 Å². The Labute approximate surface area is 239 Å². The van der Waals surface area contributed by atoms with E-state index in [1.54, 1.807) is 25.1 Å². The van der Waals surface area contributed by atoms with Gasteiger partial charge >= 0.3 is 12.1 Å². The second-order valence-corrected chi connectivity index (χ2v) is 10.6. The number of carboxylic acid groups (broad SMARTS) is 1. The van der Waals surface area contributed by atoms with E-state index < -0.39 is 17.8 Å². The number of aryl methyl sites for hydroxylation is 2. The number of rotatable bonds is 9. The second-order valence-electron chi connectivity index (χ2n) is 10.2. The summed E-state index contributed by atoms with van der Waals surface area (Å²) in [5.41, 5.74) is 2.81. The van der Waals surface area contributed by atoms with Crippen LogP contribution < -0.4 is 9.64 Å². The van der Waals surface area contributed by atoms with Gasteiger partial charge in [-0.1, -0.05) is 41.0 Å². The Morgan fingerprint density at radius 3 is 2.54 bits per heavy atom. The average Bonchev–Trinajstić information content (AvgIpc) is 3.66. The maximum Gasteiger partial charge on any atom is 0.435 e. The van der Waals surface area contributed by atoms with Crippen LogP contribution in [0.25, 0.3) is 11.3 Å². The van der Waals surface area contributed by atoms with Crippen molar-refractivity contribution in [3.63, 3.8) is 0 Å². The molecule has 4 aromatic rings. The minimum absolute atomic E-state index is 0.0932. The normalized spacial score (nSPS) is 13.3. The summed E-state index contributed by atoms with van der Waals surface area (Å²) in [7, 11) is 1.52. The van der Waals surface area contributed by atoms with E-state index >= 15 is 0 Å². The predicted molar refractivity (Wildman–Crippen MR) is 147 cm³/mol. The molecule has 2 aromatic heterocycles. The number of aromatic carboxylic acids is 1. The van der Waals surface area contributed by atoms with Crippen LogP contribution >= 0.6 is 11.6 Å². The van der Waals surface area contributed by atoms with Gasteiger partial charge in [-0.15, -0.1) is 0 Å². The molecule has 0 aliphatic heterocycles. The molecule has 1 aliphatic carbocycles. The molecule has 0 saturated heterocycles. The number of carboxylic acids is 1. The molecule has 0 atom stereocenters. The van der Waals surface area contributed by atoms with Crippen LogP contribution in [0.5, 0.6) is 5.88 Å². The summed E-state index contributed by atoms with van der Waals surface area (Å²) >= 11 is 6.47. The van der Waals surface area contributed by atoms with Crippen molar-refractivity contribution in [1.82, 2.24) is 10.1 Å². The first-order valence-corrected chi connectivity index (χ1v) is 13.3. The molecule has 1 aliphatic rings. The highest BCUT2D eigenvalue weighted by atomic mass is 35.5. The highest BCUT2D eigenvalue weighted by molar-refractivity contribution is 6.33. The fourth-order valence-electron chi connectivity index (χ4n) is 4.86. The number of alkyl halides is 3. The van der Waals surface area contributed by atoms with E-state index in [9.17, 15) is 23.1 Å². The molecule has 41 heavy (non-hydrogen) atoms. The summed E-state index contributed by atoms with van der Waals surface area (Å²) in [4.78, 5) is 16.6. The Kier molecular flexibility index (Phi) is 7.70. The molecule has 1 N–H and O–H groups in total. The highest BCUT2D eigenvalue weighted by Crippen LogP contribution is 2.45. The number of hydrogen-bond donors (Lipinski definition) is 1. The van der Waals surface area contributed by atoms with Crippen LogP contribution in [-0.4, -0.2) is 28.3 Å². The molecule has 1 saturated carbocycles. The number of aromatic nitrogens is 2. The quantitative estimate of drug-likeness (QED) is 0.214. The van der Waals surface area contributed by atoms with Gasteiger partial charge in [0.25, 0.3) is 0 Å². The number of halogens is 4. The van der Waals surface area contributed by atoms with E-state index in [2.05, 4.69) is 10.1 Å². The number of nitrogens with zero attached hydrogens (tertiary/aromatic N) is 3. The summed E-state index contributed by atoms with van der Waals surface area (Å²) < 4.78 is 53.9. The maximum atomic E-state index is 14.1. The van der Waals surface area contributed by atoms with Crippen LogP contribution in [0.3, 0.4) is 0 Å². The van der Waals surface area contributed by atoms with Crippen LogP contribution in [0.4, 0.5) is 18.9 Å². The van der Waals surface area contributed by atoms with E-state index in [4.69, 9.17) is 20.9 Å². The molecule has 214 valence electrons. The minimum atomic E-state index is -4.75. The van der Waals surface area contributed by atoms with Gasteiger partial charge in [-0.05, 0) is 61.6 Å². The van der Waals surface area contributed by atoms with Crippen LogP contribution in [0, 0.1) is 13.8 Å². The smallest absolute Gasteiger partial charge is 0.435 e. The second kappa shape index (κ2) is 11.1. The largest absolute Gasteiger partial charge is 0.478 e. The highest BCUT2D eigenvalue weighted by Gasteiger charge is 2.38. The third kappa shape index (κ3) is 6.02. The first-order valence-electron chi connectivity index (χ1n) is 12.9. The summed E-state index contributed by atoms with van der Waals surface area (Å²) in [6.07, 6.45) is -2.89. The third-order valence-electron chi connectivity index (χ3n) is 7.06. The first kappa shape index (κ1) is 28.5. The van der Waals surface area contributed by atoms with Gasteiger partial charge in [0.1, 0.15) is 18.1 Å². The van der Waals surface area contributed by atoms with E-state index in [-0.39, 0.29) is 36.2 Å². The molecule has 5 rings (SSSR count). The summed E-state index contributed by atoms with van der Waals surface area (Å²) in [5, 5.41) is 14.0. The van der Waals surface area contributed by atoms with Gasteiger partial charge < -0.3 is 19.3 Å². The van der Waals surface area contributed by atoms with Crippen molar-refractivity contribution in [3.05, 3.63) is 92.8 Å². The van der Waals surface area contributed by atoms with Gasteiger partial charge in [0.05, 0.1) is 21.8 Å². The molecule has 11 heteroatoms. The lowest BCUT2D eigenvalue weighted by molar-refractivity contribution is -0.140. The SMILES string of the molecule is Cc1cc(CN(C)c2ccc(OCc3c(-c4c(C)cccc4Cl)noc3C3CC3)nc2C(F)(F)F)ccc1C(=O)O. The standard InChI is InChI=1S/C30H27ClF3N3O4/c1-16-5-4-6-22(31)25(16)26-21(27(41-36-26)19-8-9-19)15-40-24-12-11-23(28(35-24)30(32,33)34)37(3)14-18-7-10-20(29(38)39)17(2)13-18/h4-7,10-13,19H,8-9,14-15H2,1-3H3,(H,38,39). The Balaban J connectivity index is 1.41. The number of ether oxygens (including phenoxy) is 1. The van der Waals surface area contributed by atoms with Gasteiger partial charge in [-0.2, -0.15) is 13.2 Å². The molecule has 0 bridgehead atoms. The zero-order valence-corrected chi connectivity index (χ0v) is 23.3. The van der Waals surface area contributed by atoms with E-state index in [1.807, 2.05) is 19.1 Å². The summed E-state index contributed by atoms with van der Waals surface area (Å²) in [6.45, 7) is 3.55. The average molecular weight is 586 g/mol. The summed E-state index contributed by atoms with van der Waals surface area (Å²) in [5.74, 6) is -0.427. The molecule has 7 nitrogen and oxygen atoms in total. The van der Waals surface area contributed by atoms with Gasteiger partial charge in [-0.3, -0.25) is 0 Å². The topological polar surface area (TPSA) is 88.7 Å². The molecule has 2 heterocycles. The number of carbonyl (C=O) groups is 1. The Morgan fingerprint density at radius 2 is 1.90 bits per heavy atom. The zero-order chi connectivity index (χ0) is 29.5. The summed E-state index contributed by atoms with van der Waals surface area (Å²) in [6, 6.07) is 12.8. The van der Waals surface area contributed by atoms with Crippen molar-refractivity contribution in [1.29, 1.82) is 0 Å². The van der Waals surface area contributed by atoms with Gasteiger partial charge in [-0.25, -0.2) is 9.78 Å². The minimum Gasteiger partial charge on any atom is -0.478 e. The first-order chi connectivity index (χ1) is 19.4. The zero-order valence-electron chi connectivity index (χ0n) is 22.6. The number of hydrogen-bond acceptors (Lipinski definition) is 6. The van der Waals surface area contributed by atoms with Crippen molar-refractivity contribution in [2.45, 2.75) is 51.9 Å². The lowest BCUT2D eigenvalue weighted by atomic mass is 10.0. The third-order valence-corrected chi connectivity index (χ3v) is 7.37. The van der Waals surface area contributed by atoms with Crippen molar-refractivity contribution in [3.8, 4) is 17.1 Å². The molecule has 0 radical (unpaired) electrons. The predicted octanol–water partition coefficient (Wildman–Crippen LogP) is 7.82. The van der Waals surface area contributed by atoms with Crippen LogP contribution in [0.2, 0.25) is 5.02 Å². The van der Waals surface area contributed by atoms with Crippen molar-refractivity contribution < 1.29 is 32.3 Å². The maximum absolute atomic E-state index is 14.1. The van der Waals surface area contributed by atoms with Crippen molar-refractivity contribution >= 4 is 23.3 Å². The van der Waals surface area contributed by atoms with Crippen LogP contribution in [0.1, 0.15) is 62.8 Å². The molecular weight excluding hydrogens is 559 g/mol. The molecule has 0 spiro atoms. The van der Waals surface area contributed by atoms with E-state index in [1.165, 1.54) is 30.1 Å². The Morgan fingerprint density at radius 1 is 1.15 bits per heavy atom. The monoisotopic (exact) mass is 585 g/mol. The van der Waals surface area contributed by atoms with Gasteiger partial charge in [0.2, 0.25) is 5.88 Å². The molecule has 0 amide bonds. The lowest BCUT2D eigenvalue weighted by Gasteiger charge is -2.23. The van der Waals surface area contributed by atoms with Crippen molar-refractivity contribution in [2.24, 2.45) is 0 Å². The number of benzene rings is 2. The fourth-order valence-corrected chi connectivity index (χ4v) is 5.17. The number of anilines is 1. The molecule has 1 fully saturated rings. The molecule has 0 unspecified atom stereocenters. The molecular formula is C30H27ClF3N3O4. The molecule has 2 aromatic carbocycles. The number of pyridine rings is 1. The van der Waals surface area contributed by atoms with E-state index in [0.717, 1.165) is 18.4 Å². The Bertz CT molecular complexity index is 1600. The lowest BCUT2D eigenvalue weighted by Crippen LogP contribution is -2.22. The van der Waals surface area contributed by atoms with Gasteiger partial charge in [0, 0.05) is 31.1 Å². The van der Waals surface area contributed by atoms with Crippen LogP contribution in [0.15, 0.2) is 53.1 Å². The Hall–Kier alpha value is -4.05. The van der Waals surface area contributed by atoms with Crippen molar-refractivity contribution in [2.75, 3.05) is 11.9 Å². The fraction of sp³-hybridized carbons (Fsp3) is 0.300. The van der Waals surface area contributed by atoms with Crippen LogP contribution in [-0.2, 0) is 19.3 Å². The van der Waals surface area contributed by atoms with Gasteiger partial charge in [0.15, 0.2) is 5.69 Å².